The summed E-state index contributed by atoms with van der Waals surface area (Å²) in [5.41, 5.74) is 0. The van der Waals surface area contributed by atoms with Gasteiger partial charge in [-0.3, -0.25) is 4.48 Å². The van der Waals surface area contributed by atoms with E-state index in [0.29, 0.717) is 0 Å². The molecule has 1 atom stereocenters. The second kappa shape index (κ2) is 17.1. The Morgan fingerprint density at radius 3 is 1.84 bits per heavy atom. The van der Waals surface area contributed by atoms with E-state index in [1.807, 2.05) is 0 Å². The van der Waals surface area contributed by atoms with E-state index < -0.39 is 0 Å². The number of quaternary nitrogens is 1. The molecule has 1 aliphatic heterocycles. The third-order valence-electron chi connectivity index (χ3n) is 5.28. The Kier molecular flexibility index (Phi) is 16.9. The number of unbranched alkanes of at least 4 members (excludes halogenated alkanes) is 12. The van der Waals surface area contributed by atoms with E-state index in [1.165, 1.54) is 103 Å². The maximum absolute atomic E-state index is 4.37. The SMILES string of the molecule is CCCCCCCC/C=C\CCCCCCCC[N+]1(C)C=NCC1.[Cl-]. The summed E-state index contributed by atoms with van der Waals surface area (Å²) in [4.78, 5) is 4.37. The maximum atomic E-state index is 4.37. The molecule has 3 heteroatoms. The Morgan fingerprint density at radius 2 is 1.32 bits per heavy atom. The number of likely N-dealkylation sites (N-methyl/N-ethyl adjacent to an activating group) is 1. The van der Waals surface area contributed by atoms with Crippen LogP contribution in [0.25, 0.3) is 0 Å². The first kappa shape index (κ1) is 24.7. The molecule has 0 aromatic heterocycles. The highest BCUT2D eigenvalue weighted by Crippen LogP contribution is 2.12. The zero-order valence-electron chi connectivity index (χ0n) is 17.0. The molecule has 0 bridgehead atoms. The molecule has 1 rings (SSSR count). The molecular formula is C22H43ClN2. The lowest BCUT2D eigenvalue weighted by Gasteiger charge is -2.24. The van der Waals surface area contributed by atoms with Gasteiger partial charge in [0.25, 0.3) is 0 Å². The van der Waals surface area contributed by atoms with Gasteiger partial charge >= 0.3 is 0 Å². The smallest absolute Gasteiger partial charge is 0.185 e. The normalized spacial score (nSPS) is 19.6. The van der Waals surface area contributed by atoms with Gasteiger partial charge in [-0.1, -0.05) is 70.4 Å². The largest absolute Gasteiger partial charge is 1.00 e. The third-order valence-corrected chi connectivity index (χ3v) is 5.28. The fraction of sp³-hybridized carbons (Fsp3) is 0.864. The minimum atomic E-state index is 0. The molecule has 1 aliphatic rings. The van der Waals surface area contributed by atoms with E-state index >= 15 is 0 Å². The van der Waals surface area contributed by atoms with Gasteiger partial charge in [0.2, 0.25) is 0 Å². The zero-order chi connectivity index (χ0) is 17.3. The van der Waals surface area contributed by atoms with Crippen molar-refractivity contribution in [1.82, 2.24) is 0 Å². The number of hydrogen-bond acceptors (Lipinski definition) is 1. The molecule has 0 aliphatic carbocycles. The van der Waals surface area contributed by atoms with E-state index in [4.69, 9.17) is 0 Å². The quantitative estimate of drug-likeness (QED) is 0.224. The first-order valence-corrected chi connectivity index (χ1v) is 10.8. The highest BCUT2D eigenvalue weighted by atomic mass is 35.5. The van der Waals surface area contributed by atoms with Gasteiger partial charge in [0.15, 0.2) is 6.34 Å². The van der Waals surface area contributed by atoms with E-state index in [1.54, 1.807) is 0 Å². The lowest BCUT2D eigenvalue weighted by atomic mass is 10.1. The predicted octanol–water partition coefficient (Wildman–Crippen LogP) is 3.52. The minimum Gasteiger partial charge on any atom is -1.00 e. The van der Waals surface area contributed by atoms with Gasteiger partial charge in [-0.2, -0.15) is 0 Å². The molecule has 0 fully saturated rings. The van der Waals surface area contributed by atoms with Gasteiger partial charge in [0.05, 0.1) is 20.1 Å². The van der Waals surface area contributed by atoms with Crippen molar-refractivity contribution in [3.8, 4) is 0 Å². The molecule has 0 spiro atoms. The summed E-state index contributed by atoms with van der Waals surface area (Å²) in [6.07, 6.45) is 26.4. The summed E-state index contributed by atoms with van der Waals surface area (Å²) in [7, 11) is 2.31. The topological polar surface area (TPSA) is 12.4 Å². The van der Waals surface area contributed by atoms with Crippen LogP contribution in [0.15, 0.2) is 17.1 Å². The van der Waals surface area contributed by atoms with Gasteiger partial charge in [-0.15, -0.1) is 0 Å². The van der Waals surface area contributed by atoms with Crippen LogP contribution in [0.5, 0.6) is 0 Å². The summed E-state index contributed by atoms with van der Waals surface area (Å²) >= 11 is 0. The molecule has 0 amide bonds. The lowest BCUT2D eigenvalue weighted by molar-refractivity contribution is -0.807. The fourth-order valence-corrected chi connectivity index (χ4v) is 3.49. The Labute approximate surface area is 164 Å². The van der Waals surface area contributed by atoms with Crippen molar-refractivity contribution in [2.75, 3.05) is 26.7 Å². The van der Waals surface area contributed by atoms with Gasteiger partial charge in [0, 0.05) is 0 Å². The molecular weight excluding hydrogens is 328 g/mol. The second-order valence-corrected chi connectivity index (χ2v) is 7.89. The van der Waals surface area contributed by atoms with E-state index in [2.05, 4.69) is 37.5 Å². The molecule has 1 unspecified atom stereocenters. The molecule has 0 N–H and O–H groups in total. The molecule has 0 saturated carbocycles. The Hall–Kier alpha value is -0.340. The fourth-order valence-electron chi connectivity index (χ4n) is 3.49. The van der Waals surface area contributed by atoms with Gasteiger partial charge < -0.3 is 12.4 Å². The summed E-state index contributed by atoms with van der Waals surface area (Å²) in [6, 6.07) is 0. The van der Waals surface area contributed by atoms with Crippen molar-refractivity contribution < 1.29 is 16.9 Å². The number of nitrogens with zero attached hydrogens (tertiary/aromatic N) is 2. The van der Waals surface area contributed by atoms with Crippen LogP contribution in [0.1, 0.15) is 96.8 Å². The summed E-state index contributed by atoms with van der Waals surface area (Å²) < 4.78 is 1.07. The number of halogens is 1. The molecule has 0 saturated heterocycles. The molecule has 25 heavy (non-hydrogen) atoms. The Balaban J connectivity index is 0.00000576. The highest BCUT2D eigenvalue weighted by molar-refractivity contribution is 5.47. The summed E-state index contributed by atoms with van der Waals surface area (Å²) in [5, 5.41) is 0. The van der Waals surface area contributed by atoms with Crippen molar-refractivity contribution in [2.24, 2.45) is 4.99 Å². The number of hydrogen-bond donors (Lipinski definition) is 0. The standard InChI is InChI=1S/C22H43N2.ClH/c1-3-4-5-6-7-8-9-10-11-12-13-14-15-16-17-18-20-24(2)21-19-23-22-24;/h10-11,22H,3-9,12-21H2,1-2H3;1H/q+1;/p-1/b11-10-;. The molecule has 148 valence electrons. The van der Waals surface area contributed by atoms with Crippen LogP contribution in [0, 0.1) is 0 Å². The van der Waals surface area contributed by atoms with E-state index in [0.717, 1.165) is 11.0 Å². The van der Waals surface area contributed by atoms with Crippen LogP contribution >= 0.6 is 0 Å². The van der Waals surface area contributed by atoms with Crippen LogP contribution in [0.3, 0.4) is 0 Å². The minimum absolute atomic E-state index is 0. The Morgan fingerprint density at radius 1 is 0.800 bits per heavy atom. The van der Waals surface area contributed by atoms with Crippen LogP contribution in [0.4, 0.5) is 0 Å². The van der Waals surface area contributed by atoms with E-state index in [-0.39, 0.29) is 12.4 Å². The van der Waals surface area contributed by atoms with Crippen molar-refractivity contribution >= 4 is 6.34 Å². The maximum Gasteiger partial charge on any atom is 0.185 e. The predicted molar refractivity (Wildman–Crippen MR) is 109 cm³/mol. The second-order valence-electron chi connectivity index (χ2n) is 7.89. The highest BCUT2D eigenvalue weighted by Gasteiger charge is 2.22. The number of rotatable bonds is 16. The van der Waals surface area contributed by atoms with Crippen molar-refractivity contribution in [1.29, 1.82) is 0 Å². The van der Waals surface area contributed by atoms with Crippen LogP contribution < -0.4 is 12.4 Å². The van der Waals surface area contributed by atoms with Gasteiger partial charge in [-0.25, -0.2) is 4.99 Å². The zero-order valence-corrected chi connectivity index (χ0v) is 17.8. The van der Waals surface area contributed by atoms with Crippen molar-refractivity contribution in [3.63, 3.8) is 0 Å². The summed E-state index contributed by atoms with van der Waals surface area (Å²) in [5.74, 6) is 0. The average Bonchev–Trinajstić information content (AvgIpc) is 3.01. The van der Waals surface area contributed by atoms with Gasteiger partial charge in [0.1, 0.15) is 6.54 Å². The molecule has 1 heterocycles. The molecule has 0 radical (unpaired) electrons. The van der Waals surface area contributed by atoms with Gasteiger partial charge in [-0.05, 0) is 38.5 Å². The number of allylic oxidation sites excluding steroid dienone is 2. The summed E-state index contributed by atoms with van der Waals surface area (Å²) in [6.45, 7) is 5.81. The van der Waals surface area contributed by atoms with Crippen LogP contribution in [-0.4, -0.2) is 37.5 Å². The van der Waals surface area contributed by atoms with Crippen molar-refractivity contribution in [3.05, 3.63) is 12.2 Å². The molecule has 0 aromatic carbocycles. The Bertz CT molecular complexity index is 341. The first-order valence-electron chi connectivity index (χ1n) is 10.8. The van der Waals surface area contributed by atoms with Crippen molar-refractivity contribution in [2.45, 2.75) is 96.8 Å². The van der Waals surface area contributed by atoms with E-state index in [9.17, 15) is 0 Å². The average molecular weight is 371 g/mol. The molecule has 0 aromatic rings. The van der Waals surface area contributed by atoms with Crippen LogP contribution in [-0.2, 0) is 0 Å². The lowest BCUT2D eigenvalue weighted by Crippen LogP contribution is -3.00. The number of aliphatic imine (C=N–C) groups is 1. The van der Waals surface area contributed by atoms with Crippen LogP contribution in [0.2, 0.25) is 0 Å². The first-order chi connectivity index (χ1) is 11.8. The monoisotopic (exact) mass is 370 g/mol. The third kappa shape index (κ3) is 14.5. The molecule has 2 nitrogen and oxygen atoms in total.